The third-order valence-electron chi connectivity index (χ3n) is 1.71. The minimum absolute atomic E-state index is 0.403. The first-order valence-corrected chi connectivity index (χ1v) is 4.01. The Bertz CT molecular complexity index is 245. The lowest BCUT2D eigenvalue weighted by Gasteiger charge is -1.99. The van der Waals surface area contributed by atoms with Crippen molar-refractivity contribution in [3.8, 4) is 0 Å². The summed E-state index contributed by atoms with van der Waals surface area (Å²) in [4.78, 5) is 0. The highest BCUT2D eigenvalue weighted by molar-refractivity contribution is 5.20. The van der Waals surface area contributed by atoms with Crippen LogP contribution >= 0.6 is 0 Å². The van der Waals surface area contributed by atoms with Crippen LogP contribution in [0.4, 0.5) is 0 Å². The quantitative estimate of drug-likeness (QED) is 0.731. The summed E-state index contributed by atoms with van der Waals surface area (Å²) < 4.78 is 10.2. The van der Waals surface area contributed by atoms with E-state index in [1.165, 1.54) is 0 Å². The molecular weight excluding hydrogens is 156 g/mol. The number of hydrogen-bond acceptors (Lipinski definition) is 4. The minimum atomic E-state index is 0.403. The summed E-state index contributed by atoms with van der Waals surface area (Å²) in [5.41, 5.74) is 7.24. The van der Waals surface area contributed by atoms with Crippen molar-refractivity contribution in [2.45, 2.75) is 27.0 Å². The van der Waals surface area contributed by atoms with Crippen LogP contribution in [0.1, 0.15) is 23.9 Å². The minimum Gasteiger partial charge on any atom is -0.377 e. The van der Waals surface area contributed by atoms with Crippen molar-refractivity contribution >= 4 is 0 Å². The van der Waals surface area contributed by atoms with Crippen molar-refractivity contribution in [1.82, 2.24) is 5.16 Å². The van der Waals surface area contributed by atoms with Crippen LogP contribution in [-0.4, -0.2) is 11.8 Å². The Morgan fingerprint density at radius 1 is 1.58 bits per heavy atom. The second-order valence-corrected chi connectivity index (χ2v) is 2.51. The van der Waals surface area contributed by atoms with E-state index in [2.05, 4.69) is 5.16 Å². The first-order chi connectivity index (χ1) is 5.79. The smallest absolute Gasteiger partial charge is 0.139 e. The highest BCUT2D eigenvalue weighted by Crippen LogP contribution is 2.13. The molecule has 1 aromatic rings. The molecule has 0 saturated carbocycles. The van der Waals surface area contributed by atoms with Gasteiger partial charge in [0.2, 0.25) is 0 Å². The Morgan fingerprint density at radius 2 is 2.33 bits per heavy atom. The summed E-state index contributed by atoms with van der Waals surface area (Å²) in [5, 5.41) is 3.81. The fourth-order valence-corrected chi connectivity index (χ4v) is 0.986. The van der Waals surface area contributed by atoms with Crippen LogP contribution in [0, 0.1) is 6.92 Å². The summed E-state index contributed by atoms with van der Waals surface area (Å²) in [6.07, 6.45) is 0. The average Bonchev–Trinajstić information content (AvgIpc) is 2.43. The lowest BCUT2D eigenvalue weighted by Crippen LogP contribution is -2.02. The highest BCUT2D eigenvalue weighted by atomic mass is 16.5. The van der Waals surface area contributed by atoms with Gasteiger partial charge in [0, 0.05) is 18.7 Å². The summed E-state index contributed by atoms with van der Waals surface area (Å²) in [5.74, 6) is 0.795. The molecule has 4 nitrogen and oxygen atoms in total. The highest BCUT2D eigenvalue weighted by Gasteiger charge is 2.10. The van der Waals surface area contributed by atoms with Crippen LogP contribution < -0.4 is 5.73 Å². The van der Waals surface area contributed by atoms with Gasteiger partial charge < -0.3 is 15.0 Å². The second kappa shape index (κ2) is 4.23. The van der Waals surface area contributed by atoms with Gasteiger partial charge in [-0.05, 0) is 13.8 Å². The standard InChI is InChI=1S/C8H14N2O2/c1-3-11-5-7-6(2)12-10-8(7)4-9/h3-5,9H2,1-2H3. The van der Waals surface area contributed by atoms with Crippen molar-refractivity contribution < 1.29 is 9.26 Å². The molecule has 4 heteroatoms. The molecule has 0 aliphatic carbocycles. The van der Waals surface area contributed by atoms with Crippen LogP contribution in [0.3, 0.4) is 0 Å². The summed E-state index contributed by atoms with van der Waals surface area (Å²) in [6, 6.07) is 0. The molecule has 0 bridgehead atoms. The second-order valence-electron chi connectivity index (χ2n) is 2.51. The third kappa shape index (κ3) is 1.84. The molecule has 0 saturated heterocycles. The van der Waals surface area contributed by atoms with Crippen LogP contribution in [0.2, 0.25) is 0 Å². The van der Waals surface area contributed by atoms with E-state index < -0.39 is 0 Å². The first kappa shape index (κ1) is 9.22. The van der Waals surface area contributed by atoms with Crippen molar-refractivity contribution in [2.24, 2.45) is 5.73 Å². The van der Waals surface area contributed by atoms with Gasteiger partial charge >= 0.3 is 0 Å². The molecule has 1 rings (SSSR count). The maximum atomic E-state index is 5.46. The molecule has 0 radical (unpaired) electrons. The number of hydrogen-bond donors (Lipinski definition) is 1. The van der Waals surface area contributed by atoms with Crippen LogP contribution in [-0.2, 0) is 17.9 Å². The first-order valence-electron chi connectivity index (χ1n) is 4.01. The van der Waals surface area contributed by atoms with Crippen molar-refractivity contribution in [3.05, 3.63) is 17.0 Å². The Labute approximate surface area is 71.7 Å². The van der Waals surface area contributed by atoms with Crippen LogP contribution in [0.25, 0.3) is 0 Å². The third-order valence-corrected chi connectivity index (χ3v) is 1.71. The number of nitrogens with zero attached hydrogens (tertiary/aromatic N) is 1. The zero-order valence-electron chi connectivity index (χ0n) is 7.46. The maximum Gasteiger partial charge on any atom is 0.139 e. The molecule has 0 fully saturated rings. The predicted octanol–water partition coefficient (Wildman–Crippen LogP) is 0.978. The van der Waals surface area contributed by atoms with E-state index in [4.69, 9.17) is 15.0 Å². The summed E-state index contributed by atoms with van der Waals surface area (Å²) >= 11 is 0. The van der Waals surface area contributed by atoms with Crippen molar-refractivity contribution in [3.63, 3.8) is 0 Å². The van der Waals surface area contributed by atoms with E-state index in [0.29, 0.717) is 19.8 Å². The molecule has 0 atom stereocenters. The molecule has 1 heterocycles. The van der Waals surface area contributed by atoms with E-state index >= 15 is 0 Å². The monoisotopic (exact) mass is 170 g/mol. The van der Waals surface area contributed by atoms with E-state index in [0.717, 1.165) is 17.0 Å². The average molecular weight is 170 g/mol. The number of rotatable bonds is 4. The normalized spacial score (nSPS) is 10.6. The molecular formula is C8H14N2O2. The Hall–Kier alpha value is -0.870. The molecule has 0 amide bonds. The molecule has 0 spiro atoms. The van der Waals surface area contributed by atoms with Gasteiger partial charge in [0.05, 0.1) is 6.61 Å². The van der Waals surface area contributed by atoms with E-state index in [9.17, 15) is 0 Å². The van der Waals surface area contributed by atoms with Crippen molar-refractivity contribution in [1.29, 1.82) is 0 Å². The SMILES string of the molecule is CCOCc1c(CN)noc1C. The Balaban J connectivity index is 2.72. The summed E-state index contributed by atoms with van der Waals surface area (Å²) in [7, 11) is 0. The van der Waals surface area contributed by atoms with Gasteiger partial charge in [-0.3, -0.25) is 0 Å². The zero-order valence-corrected chi connectivity index (χ0v) is 7.46. The Morgan fingerprint density at radius 3 is 2.92 bits per heavy atom. The maximum absolute atomic E-state index is 5.46. The van der Waals surface area contributed by atoms with E-state index in [1.807, 2.05) is 13.8 Å². The molecule has 2 N–H and O–H groups in total. The molecule has 0 aliphatic heterocycles. The van der Waals surface area contributed by atoms with E-state index in [-0.39, 0.29) is 0 Å². The molecule has 1 aromatic heterocycles. The molecule has 12 heavy (non-hydrogen) atoms. The molecule has 0 unspecified atom stereocenters. The summed E-state index contributed by atoms with van der Waals surface area (Å²) in [6.45, 7) is 5.44. The van der Waals surface area contributed by atoms with Crippen LogP contribution in [0.15, 0.2) is 4.52 Å². The fraction of sp³-hybridized carbons (Fsp3) is 0.625. The van der Waals surface area contributed by atoms with Crippen LogP contribution in [0.5, 0.6) is 0 Å². The molecule has 0 aliphatic rings. The number of nitrogens with two attached hydrogens (primary N) is 1. The number of aryl methyl sites for hydroxylation is 1. The molecule has 68 valence electrons. The number of aromatic nitrogens is 1. The topological polar surface area (TPSA) is 61.3 Å². The Kier molecular flexibility index (Phi) is 3.25. The van der Waals surface area contributed by atoms with Gasteiger partial charge in [0.15, 0.2) is 0 Å². The van der Waals surface area contributed by atoms with Crippen molar-refractivity contribution in [2.75, 3.05) is 6.61 Å². The molecule has 0 aromatic carbocycles. The lowest BCUT2D eigenvalue weighted by atomic mass is 10.2. The lowest BCUT2D eigenvalue weighted by molar-refractivity contribution is 0.132. The zero-order chi connectivity index (χ0) is 8.97. The van der Waals surface area contributed by atoms with Gasteiger partial charge in [0.1, 0.15) is 11.5 Å². The van der Waals surface area contributed by atoms with Gasteiger partial charge in [-0.1, -0.05) is 5.16 Å². The van der Waals surface area contributed by atoms with Gasteiger partial charge in [-0.2, -0.15) is 0 Å². The van der Waals surface area contributed by atoms with E-state index in [1.54, 1.807) is 0 Å². The number of ether oxygens (including phenoxy) is 1. The van der Waals surface area contributed by atoms with Gasteiger partial charge in [-0.25, -0.2) is 0 Å². The fourth-order valence-electron chi connectivity index (χ4n) is 0.986. The largest absolute Gasteiger partial charge is 0.377 e. The predicted molar refractivity (Wildman–Crippen MR) is 44.5 cm³/mol. The van der Waals surface area contributed by atoms with Gasteiger partial charge in [-0.15, -0.1) is 0 Å². The van der Waals surface area contributed by atoms with Gasteiger partial charge in [0.25, 0.3) is 0 Å².